The predicted octanol–water partition coefficient (Wildman–Crippen LogP) is 3.54. The predicted molar refractivity (Wildman–Crippen MR) is 94.5 cm³/mol. The lowest BCUT2D eigenvalue weighted by Gasteiger charge is -2.06. The third kappa shape index (κ3) is 3.87. The van der Waals surface area contributed by atoms with E-state index in [1.807, 2.05) is 55.5 Å². The van der Waals surface area contributed by atoms with Crippen LogP contribution in [0, 0.1) is 0 Å². The summed E-state index contributed by atoms with van der Waals surface area (Å²) in [4.78, 5) is 16.3. The number of anilines is 1. The standard InChI is InChI=1S/C19H20N4O/c1-2-23-18(14-17(22-23)16-10-12-20-13-11-16)21-19(24)9-8-15-6-4-3-5-7-15/h3-7,10-14H,2,8-9H2,1H3,(H,21,24). The van der Waals surface area contributed by atoms with Gasteiger partial charge in [-0.3, -0.25) is 9.78 Å². The van der Waals surface area contributed by atoms with Crippen LogP contribution >= 0.6 is 0 Å². The van der Waals surface area contributed by atoms with Crippen LogP contribution in [0.5, 0.6) is 0 Å². The number of carbonyl (C=O) groups excluding carboxylic acids is 1. The van der Waals surface area contributed by atoms with Crippen molar-refractivity contribution in [1.82, 2.24) is 14.8 Å². The molecule has 2 aromatic heterocycles. The van der Waals surface area contributed by atoms with Crippen molar-refractivity contribution in [3.63, 3.8) is 0 Å². The lowest BCUT2D eigenvalue weighted by atomic mass is 10.1. The molecule has 2 heterocycles. The second-order valence-corrected chi connectivity index (χ2v) is 5.50. The first-order valence-electron chi connectivity index (χ1n) is 8.08. The van der Waals surface area contributed by atoms with E-state index < -0.39 is 0 Å². The highest BCUT2D eigenvalue weighted by Crippen LogP contribution is 2.21. The minimum Gasteiger partial charge on any atom is -0.311 e. The maximum absolute atomic E-state index is 12.2. The Hall–Kier alpha value is -2.95. The zero-order valence-electron chi connectivity index (χ0n) is 13.6. The van der Waals surface area contributed by atoms with E-state index in [2.05, 4.69) is 15.4 Å². The molecule has 0 saturated carbocycles. The van der Waals surface area contributed by atoms with Crippen LogP contribution in [0.2, 0.25) is 0 Å². The molecule has 24 heavy (non-hydrogen) atoms. The smallest absolute Gasteiger partial charge is 0.225 e. The summed E-state index contributed by atoms with van der Waals surface area (Å²) < 4.78 is 1.80. The highest BCUT2D eigenvalue weighted by Gasteiger charge is 2.11. The number of hydrogen-bond donors (Lipinski definition) is 1. The van der Waals surface area contributed by atoms with E-state index in [-0.39, 0.29) is 5.91 Å². The molecule has 0 unspecified atom stereocenters. The number of nitrogens with zero attached hydrogens (tertiary/aromatic N) is 3. The van der Waals surface area contributed by atoms with Gasteiger partial charge in [-0.25, -0.2) is 4.68 Å². The molecular weight excluding hydrogens is 300 g/mol. The van der Waals surface area contributed by atoms with Gasteiger partial charge in [0.25, 0.3) is 0 Å². The van der Waals surface area contributed by atoms with Gasteiger partial charge in [-0.05, 0) is 31.0 Å². The summed E-state index contributed by atoms with van der Waals surface area (Å²) in [5.74, 6) is 0.720. The summed E-state index contributed by atoms with van der Waals surface area (Å²) in [6.45, 7) is 2.70. The summed E-state index contributed by atoms with van der Waals surface area (Å²) in [5, 5.41) is 7.51. The van der Waals surface area contributed by atoms with Crippen molar-refractivity contribution in [3.05, 3.63) is 66.5 Å². The van der Waals surface area contributed by atoms with E-state index in [4.69, 9.17) is 0 Å². The fourth-order valence-corrected chi connectivity index (χ4v) is 2.53. The molecule has 5 heteroatoms. The molecule has 0 spiro atoms. The molecule has 3 aromatic rings. The fourth-order valence-electron chi connectivity index (χ4n) is 2.53. The summed E-state index contributed by atoms with van der Waals surface area (Å²) >= 11 is 0. The van der Waals surface area contributed by atoms with Crippen LogP contribution in [0.15, 0.2) is 60.9 Å². The quantitative estimate of drug-likeness (QED) is 0.756. The number of pyridine rings is 1. The minimum atomic E-state index is -0.00488. The van der Waals surface area contributed by atoms with E-state index in [1.165, 1.54) is 0 Å². The van der Waals surface area contributed by atoms with Crippen molar-refractivity contribution in [2.75, 3.05) is 5.32 Å². The van der Waals surface area contributed by atoms with Gasteiger partial charge >= 0.3 is 0 Å². The zero-order valence-corrected chi connectivity index (χ0v) is 13.6. The van der Waals surface area contributed by atoms with Gasteiger partial charge in [0.05, 0.1) is 5.69 Å². The Kier molecular flexibility index (Phi) is 5.01. The summed E-state index contributed by atoms with van der Waals surface area (Å²) in [5.41, 5.74) is 2.98. The molecule has 0 radical (unpaired) electrons. The van der Waals surface area contributed by atoms with Crippen LogP contribution in [0.3, 0.4) is 0 Å². The van der Waals surface area contributed by atoms with E-state index in [0.29, 0.717) is 13.0 Å². The average molecular weight is 320 g/mol. The molecule has 1 N–H and O–H groups in total. The molecule has 0 bridgehead atoms. The number of nitrogens with one attached hydrogen (secondary N) is 1. The first-order valence-corrected chi connectivity index (χ1v) is 8.08. The van der Waals surface area contributed by atoms with Crippen molar-refractivity contribution in [2.24, 2.45) is 0 Å². The molecule has 3 rings (SSSR count). The summed E-state index contributed by atoms with van der Waals surface area (Å²) in [6.07, 6.45) is 4.64. The zero-order chi connectivity index (χ0) is 16.8. The second-order valence-electron chi connectivity index (χ2n) is 5.50. The second kappa shape index (κ2) is 7.55. The first kappa shape index (κ1) is 15.9. The number of benzene rings is 1. The van der Waals surface area contributed by atoms with Crippen molar-refractivity contribution in [2.45, 2.75) is 26.3 Å². The van der Waals surface area contributed by atoms with Gasteiger partial charge < -0.3 is 5.32 Å². The van der Waals surface area contributed by atoms with Gasteiger partial charge in [0.15, 0.2) is 0 Å². The molecule has 1 amide bonds. The molecule has 122 valence electrons. The van der Waals surface area contributed by atoms with Crippen molar-refractivity contribution >= 4 is 11.7 Å². The number of aromatic nitrogens is 3. The normalized spacial score (nSPS) is 10.5. The van der Waals surface area contributed by atoms with Crippen molar-refractivity contribution < 1.29 is 4.79 Å². The molecule has 1 aromatic carbocycles. The number of rotatable bonds is 6. The molecule has 0 saturated heterocycles. The maximum Gasteiger partial charge on any atom is 0.225 e. The highest BCUT2D eigenvalue weighted by molar-refractivity contribution is 5.90. The number of amides is 1. The molecule has 0 aliphatic heterocycles. The van der Waals surface area contributed by atoms with Gasteiger partial charge in [-0.15, -0.1) is 0 Å². The number of hydrogen-bond acceptors (Lipinski definition) is 3. The molecule has 5 nitrogen and oxygen atoms in total. The topological polar surface area (TPSA) is 59.8 Å². The van der Waals surface area contributed by atoms with Gasteiger partial charge in [-0.1, -0.05) is 30.3 Å². The summed E-state index contributed by atoms with van der Waals surface area (Å²) in [6, 6.07) is 15.7. The Bertz CT molecular complexity index is 797. The molecule has 0 fully saturated rings. The molecule has 0 aliphatic carbocycles. The van der Waals surface area contributed by atoms with E-state index >= 15 is 0 Å². The van der Waals surface area contributed by atoms with Crippen LogP contribution in [0.1, 0.15) is 18.9 Å². The minimum absolute atomic E-state index is 0.00488. The Labute approximate surface area is 141 Å². The van der Waals surface area contributed by atoms with Crippen LogP contribution in [0.4, 0.5) is 5.82 Å². The van der Waals surface area contributed by atoms with Crippen molar-refractivity contribution in [1.29, 1.82) is 0 Å². The average Bonchev–Trinajstić information content (AvgIpc) is 3.04. The number of carbonyl (C=O) groups is 1. The Morgan fingerprint density at radius 3 is 2.58 bits per heavy atom. The van der Waals surface area contributed by atoms with Gasteiger partial charge in [0, 0.05) is 37.0 Å². The van der Waals surface area contributed by atoms with Crippen molar-refractivity contribution in [3.8, 4) is 11.3 Å². The summed E-state index contributed by atoms with van der Waals surface area (Å²) in [7, 11) is 0. The van der Waals surface area contributed by atoms with Gasteiger partial charge in [0.1, 0.15) is 5.82 Å². The van der Waals surface area contributed by atoms with Crippen LogP contribution in [-0.4, -0.2) is 20.7 Å². The third-order valence-corrected chi connectivity index (χ3v) is 3.81. The monoisotopic (exact) mass is 320 g/mol. The highest BCUT2D eigenvalue weighted by atomic mass is 16.1. The molecule has 0 aliphatic rings. The first-order chi connectivity index (χ1) is 11.8. The fraction of sp³-hybridized carbons (Fsp3) is 0.211. The lowest BCUT2D eigenvalue weighted by Crippen LogP contribution is -2.15. The lowest BCUT2D eigenvalue weighted by molar-refractivity contribution is -0.116. The van der Waals surface area contributed by atoms with Crippen LogP contribution < -0.4 is 5.32 Å². The van der Waals surface area contributed by atoms with Gasteiger partial charge in [-0.2, -0.15) is 5.10 Å². The Morgan fingerprint density at radius 2 is 1.88 bits per heavy atom. The van der Waals surface area contributed by atoms with Crippen LogP contribution in [0.25, 0.3) is 11.3 Å². The van der Waals surface area contributed by atoms with E-state index in [1.54, 1.807) is 17.1 Å². The molecule has 0 atom stereocenters. The third-order valence-electron chi connectivity index (χ3n) is 3.81. The van der Waals surface area contributed by atoms with Crippen LogP contribution in [-0.2, 0) is 17.8 Å². The van der Waals surface area contributed by atoms with E-state index in [0.717, 1.165) is 29.1 Å². The maximum atomic E-state index is 12.2. The number of aryl methyl sites for hydroxylation is 2. The Morgan fingerprint density at radius 1 is 1.12 bits per heavy atom. The van der Waals surface area contributed by atoms with E-state index in [9.17, 15) is 4.79 Å². The SMILES string of the molecule is CCn1nc(-c2ccncc2)cc1NC(=O)CCc1ccccc1. The van der Waals surface area contributed by atoms with Gasteiger partial charge in [0.2, 0.25) is 5.91 Å². The Balaban J connectivity index is 1.68. The molecular formula is C19H20N4O. The largest absolute Gasteiger partial charge is 0.311 e.